The molecule has 3 N–H and O–H groups in total. The molecule has 6 nitrogen and oxygen atoms in total. The zero-order valence-electron chi connectivity index (χ0n) is 28.8. The molecule has 0 spiro atoms. The second kappa shape index (κ2) is 31.8. The Hall–Kier alpha value is -1.18. The van der Waals surface area contributed by atoms with Crippen LogP contribution in [0.1, 0.15) is 187 Å². The molecule has 2 atom stereocenters. The second-order valence-corrected chi connectivity index (χ2v) is 14.4. The number of aliphatic hydroxyl groups is 1. The van der Waals surface area contributed by atoms with Gasteiger partial charge in [0.1, 0.15) is 0 Å². The van der Waals surface area contributed by atoms with Gasteiger partial charge in [-0.1, -0.05) is 173 Å². The summed E-state index contributed by atoms with van der Waals surface area (Å²) >= 11 is 0. The van der Waals surface area contributed by atoms with E-state index in [2.05, 4.69) is 31.3 Å². The highest BCUT2D eigenvalue weighted by Crippen LogP contribution is 2.15. The Bertz CT molecular complexity index is 796. The van der Waals surface area contributed by atoms with Gasteiger partial charge >= 0.3 is 0 Å². The molecule has 0 bridgehead atoms. The van der Waals surface area contributed by atoms with Crippen molar-refractivity contribution >= 4 is 16.0 Å². The van der Waals surface area contributed by atoms with Crippen molar-refractivity contribution < 1.29 is 22.9 Å². The SMILES string of the molecule is CCCCC/C=C/CC/C=C/C(O)C(CS(=O)(=O)O)NC(=O)CCCCCCCCCCCCCCCCCCCCCC. The van der Waals surface area contributed by atoms with Crippen molar-refractivity contribution in [1.82, 2.24) is 5.32 Å². The minimum Gasteiger partial charge on any atom is -0.387 e. The number of rotatable bonds is 33. The third-order valence-electron chi connectivity index (χ3n) is 8.38. The van der Waals surface area contributed by atoms with E-state index >= 15 is 0 Å². The number of carbonyl (C=O) groups excluding carboxylic acids is 1. The number of hydrogen-bond donors (Lipinski definition) is 3. The molecule has 0 saturated heterocycles. The number of hydrogen-bond acceptors (Lipinski definition) is 4. The molecule has 0 radical (unpaired) electrons. The zero-order valence-corrected chi connectivity index (χ0v) is 29.6. The van der Waals surface area contributed by atoms with Crippen LogP contribution in [0.4, 0.5) is 0 Å². The van der Waals surface area contributed by atoms with E-state index in [-0.39, 0.29) is 5.91 Å². The van der Waals surface area contributed by atoms with Crippen molar-refractivity contribution in [3.8, 4) is 0 Å². The first-order valence-corrected chi connectivity index (χ1v) is 20.1. The molecule has 0 rings (SSSR count). The lowest BCUT2D eigenvalue weighted by molar-refractivity contribution is -0.122. The predicted molar refractivity (Wildman–Crippen MR) is 189 cm³/mol. The van der Waals surface area contributed by atoms with Crippen LogP contribution in [0.3, 0.4) is 0 Å². The maximum Gasteiger partial charge on any atom is 0.267 e. The molecule has 0 aliphatic rings. The van der Waals surface area contributed by atoms with E-state index in [1.807, 2.05) is 0 Å². The first-order valence-electron chi connectivity index (χ1n) is 18.5. The summed E-state index contributed by atoms with van der Waals surface area (Å²) in [5, 5.41) is 13.1. The molecule has 1 amide bonds. The van der Waals surface area contributed by atoms with E-state index in [0.29, 0.717) is 12.8 Å². The predicted octanol–water partition coefficient (Wildman–Crippen LogP) is 10.4. The lowest BCUT2D eigenvalue weighted by atomic mass is 10.0. The molecule has 0 saturated carbocycles. The van der Waals surface area contributed by atoms with Crippen LogP contribution in [-0.4, -0.2) is 41.9 Å². The Morgan fingerprint density at radius 3 is 1.43 bits per heavy atom. The number of allylic oxidation sites excluding steroid dienone is 3. The minimum atomic E-state index is -4.34. The van der Waals surface area contributed by atoms with E-state index in [4.69, 9.17) is 0 Å². The summed E-state index contributed by atoms with van der Waals surface area (Å²) in [5.74, 6) is -0.996. The van der Waals surface area contributed by atoms with Crippen LogP contribution in [0.25, 0.3) is 0 Å². The summed E-state index contributed by atoms with van der Waals surface area (Å²) < 4.78 is 32.2. The minimum absolute atomic E-state index is 0.288. The van der Waals surface area contributed by atoms with E-state index in [1.54, 1.807) is 6.08 Å². The molecular formula is C37H71NO5S. The number of aliphatic hydroxyl groups excluding tert-OH is 1. The molecule has 0 aromatic heterocycles. The molecule has 2 unspecified atom stereocenters. The van der Waals surface area contributed by atoms with Gasteiger partial charge in [0.05, 0.1) is 17.9 Å². The van der Waals surface area contributed by atoms with Crippen LogP contribution in [0.15, 0.2) is 24.3 Å². The molecule has 0 aliphatic heterocycles. The number of nitrogens with one attached hydrogen (secondary N) is 1. The van der Waals surface area contributed by atoms with Gasteiger partial charge in [0.2, 0.25) is 5.91 Å². The summed E-state index contributed by atoms with van der Waals surface area (Å²) in [6.45, 7) is 4.46. The van der Waals surface area contributed by atoms with Gasteiger partial charge in [-0.2, -0.15) is 8.42 Å². The summed E-state index contributed by atoms with van der Waals surface area (Å²) in [5.41, 5.74) is 0. The Morgan fingerprint density at radius 1 is 0.591 bits per heavy atom. The maximum atomic E-state index is 12.4. The molecule has 7 heteroatoms. The van der Waals surface area contributed by atoms with Gasteiger partial charge in [-0.05, 0) is 32.1 Å². The Kier molecular flexibility index (Phi) is 30.9. The quantitative estimate of drug-likeness (QED) is 0.0376. The van der Waals surface area contributed by atoms with E-state index in [0.717, 1.165) is 32.1 Å². The molecule has 0 fully saturated rings. The van der Waals surface area contributed by atoms with Crippen molar-refractivity contribution in [2.45, 2.75) is 199 Å². The molecule has 0 aromatic carbocycles. The van der Waals surface area contributed by atoms with Crippen molar-refractivity contribution in [2.75, 3.05) is 5.75 Å². The average Bonchev–Trinajstić information content (AvgIpc) is 2.98. The number of amides is 1. The fraction of sp³-hybridized carbons (Fsp3) is 0.865. The van der Waals surface area contributed by atoms with Gasteiger partial charge in [-0.15, -0.1) is 0 Å². The molecular weight excluding hydrogens is 570 g/mol. The van der Waals surface area contributed by atoms with Crippen LogP contribution < -0.4 is 5.32 Å². The summed E-state index contributed by atoms with van der Waals surface area (Å²) in [4.78, 5) is 12.4. The highest BCUT2D eigenvalue weighted by atomic mass is 32.2. The summed E-state index contributed by atoms with van der Waals surface area (Å²) in [6, 6.07) is -1.07. The monoisotopic (exact) mass is 642 g/mol. The number of unbranched alkanes of at least 4 members (excludes halogenated alkanes) is 23. The third kappa shape index (κ3) is 32.2. The normalized spacial score (nSPS) is 13.6. The summed E-state index contributed by atoms with van der Waals surface area (Å²) in [7, 11) is -4.34. The van der Waals surface area contributed by atoms with Crippen molar-refractivity contribution in [1.29, 1.82) is 0 Å². The van der Waals surface area contributed by atoms with Crippen molar-refractivity contribution in [3.05, 3.63) is 24.3 Å². The lowest BCUT2D eigenvalue weighted by Crippen LogP contribution is -2.46. The van der Waals surface area contributed by atoms with E-state index in [1.165, 1.54) is 134 Å². The van der Waals surface area contributed by atoms with Crippen molar-refractivity contribution in [3.63, 3.8) is 0 Å². The zero-order chi connectivity index (χ0) is 32.6. The molecule has 0 heterocycles. The van der Waals surface area contributed by atoms with Gasteiger partial charge in [0.25, 0.3) is 10.1 Å². The average molecular weight is 642 g/mol. The van der Waals surface area contributed by atoms with Crippen LogP contribution in [0.2, 0.25) is 0 Å². The first kappa shape index (κ1) is 42.8. The Labute approximate surface area is 273 Å². The maximum absolute atomic E-state index is 12.4. The van der Waals surface area contributed by atoms with Gasteiger partial charge in [-0.3, -0.25) is 9.35 Å². The van der Waals surface area contributed by atoms with Gasteiger partial charge in [0, 0.05) is 6.42 Å². The fourth-order valence-electron chi connectivity index (χ4n) is 5.58. The van der Waals surface area contributed by atoms with Crippen molar-refractivity contribution in [2.24, 2.45) is 0 Å². The molecule has 0 aliphatic carbocycles. The lowest BCUT2D eigenvalue weighted by Gasteiger charge is -2.21. The fourth-order valence-corrected chi connectivity index (χ4v) is 6.32. The Morgan fingerprint density at radius 2 is 0.977 bits per heavy atom. The Balaban J connectivity index is 3.84. The van der Waals surface area contributed by atoms with Gasteiger partial charge in [0.15, 0.2) is 0 Å². The molecule has 0 aromatic rings. The first-order chi connectivity index (χ1) is 21.3. The number of carbonyl (C=O) groups is 1. The van der Waals surface area contributed by atoms with Crippen LogP contribution >= 0.6 is 0 Å². The molecule has 260 valence electrons. The van der Waals surface area contributed by atoms with Crippen LogP contribution in [0, 0.1) is 0 Å². The van der Waals surface area contributed by atoms with Crippen LogP contribution in [0.5, 0.6) is 0 Å². The highest BCUT2D eigenvalue weighted by molar-refractivity contribution is 7.85. The second-order valence-electron chi connectivity index (χ2n) is 12.9. The van der Waals surface area contributed by atoms with Gasteiger partial charge in [-0.25, -0.2) is 0 Å². The molecule has 44 heavy (non-hydrogen) atoms. The van der Waals surface area contributed by atoms with E-state index in [9.17, 15) is 22.9 Å². The van der Waals surface area contributed by atoms with Gasteiger partial charge < -0.3 is 10.4 Å². The largest absolute Gasteiger partial charge is 0.387 e. The standard InChI is InChI=1S/C37H71NO5S/c1-3-5-7-9-11-13-14-15-16-17-18-19-20-21-22-23-25-27-29-31-33-37(40)38-35(34-44(41,42)43)36(39)32-30-28-26-24-12-10-8-6-4-2/h12,24,30,32,35-36,39H,3-11,13-23,25-29,31,33-34H2,1-2H3,(H,38,40)(H,41,42,43)/b24-12+,32-30+. The third-order valence-corrected chi connectivity index (χ3v) is 9.16. The smallest absolute Gasteiger partial charge is 0.267 e. The summed E-state index contributed by atoms with van der Waals surface area (Å²) in [6.07, 6.45) is 39.0. The van der Waals surface area contributed by atoms with E-state index < -0.39 is 28.0 Å². The highest BCUT2D eigenvalue weighted by Gasteiger charge is 2.24. The van der Waals surface area contributed by atoms with Crippen LogP contribution in [-0.2, 0) is 14.9 Å². The topological polar surface area (TPSA) is 104 Å².